The van der Waals surface area contributed by atoms with E-state index in [9.17, 15) is 9.59 Å². The number of carbonyl (C=O) groups excluding carboxylic acids is 2. The molecule has 6 heteroatoms. The molecule has 15 heavy (non-hydrogen) atoms. The number of hydrogen-bond acceptors (Lipinski definition) is 6. The van der Waals surface area contributed by atoms with Gasteiger partial charge in [-0.3, -0.25) is 21.1 Å². The van der Waals surface area contributed by atoms with Gasteiger partial charge >= 0.3 is 11.9 Å². The average molecular weight is 218 g/mol. The van der Waals surface area contributed by atoms with Crippen molar-refractivity contribution in [3.63, 3.8) is 0 Å². The molecule has 0 amide bonds. The van der Waals surface area contributed by atoms with Gasteiger partial charge in [0, 0.05) is 0 Å². The number of rotatable bonds is 4. The molecule has 0 saturated heterocycles. The van der Waals surface area contributed by atoms with E-state index in [4.69, 9.17) is 20.9 Å². The van der Waals surface area contributed by atoms with Crippen molar-refractivity contribution in [3.8, 4) is 0 Å². The van der Waals surface area contributed by atoms with Gasteiger partial charge in [-0.1, -0.05) is 0 Å². The van der Waals surface area contributed by atoms with Crippen molar-refractivity contribution in [2.75, 3.05) is 0 Å². The summed E-state index contributed by atoms with van der Waals surface area (Å²) in [4.78, 5) is 22.2. The molecular formula is C9H18N2O4. The van der Waals surface area contributed by atoms with Gasteiger partial charge in [0.15, 0.2) is 11.4 Å². The maximum atomic E-state index is 11.1. The molecule has 0 atom stereocenters. The molecule has 0 aromatic rings. The lowest BCUT2D eigenvalue weighted by atomic mass is 10.3. The first-order valence-corrected chi connectivity index (χ1v) is 4.51. The Bertz CT molecular complexity index is 224. The van der Waals surface area contributed by atoms with Crippen molar-refractivity contribution in [3.05, 3.63) is 0 Å². The number of hydrogen-bond donors (Lipinski definition) is 2. The molecule has 0 aliphatic rings. The minimum absolute atomic E-state index is 0.499. The summed E-state index contributed by atoms with van der Waals surface area (Å²) < 4.78 is 9.44. The average Bonchev–Trinajstić information content (AvgIpc) is 1.73. The monoisotopic (exact) mass is 218 g/mol. The second kappa shape index (κ2) is 4.59. The molecule has 0 spiro atoms. The lowest BCUT2D eigenvalue weighted by Gasteiger charge is -2.21. The zero-order valence-corrected chi connectivity index (χ0v) is 9.49. The van der Waals surface area contributed by atoms with E-state index in [-0.39, 0.29) is 0 Å². The van der Waals surface area contributed by atoms with Crippen LogP contribution in [0.2, 0.25) is 0 Å². The van der Waals surface area contributed by atoms with Crippen LogP contribution in [0.15, 0.2) is 0 Å². The Hall–Kier alpha value is -1.14. The van der Waals surface area contributed by atoms with Crippen molar-refractivity contribution >= 4 is 11.9 Å². The Morgan fingerprint density at radius 3 is 1.40 bits per heavy atom. The van der Waals surface area contributed by atoms with Crippen LogP contribution in [0.25, 0.3) is 0 Å². The first kappa shape index (κ1) is 13.9. The molecule has 0 bridgehead atoms. The zero-order valence-electron chi connectivity index (χ0n) is 9.49. The molecular weight excluding hydrogens is 200 g/mol. The predicted octanol–water partition coefficient (Wildman–Crippen LogP) is -0.147. The SMILES string of the molecule is CC(C)(N)OC(=O)CC(=O)OC(C)(C)N. The molecule has 0 unspecified atom stereocenters. The van der Waals surface area contributed by atoms with E-state index in [0.29, 0.717) is 0 Å². The lowest BCUT2D eigenvalue weighted by molar-refractivity contribution is -0.167. The fourth-order valence-electron chi connectivity index (χ4n) is 0.777. The maximum Gasteiger partial charge on any atom is 0.318 e. The van der Waals surface area contributed by atoms with Crippen LogP contribution in [0.4, 0.5) is 0 Å². The summed E-state index contributed by atoms with van der Waals surface area (Å²) in [5.41, 5.74) is 8.64. The zero-order chi connectivity index (χ0) is 12.3. The van der Waals surface area contributed by atoms with Crippen molar-refractivity contribution in [2.24, 2.45) is 11.5 Å². The summed E-state index contributed by atoms with van der Waals surface area (Å²) in [6.07, 6.45) is -0.499. The molecule has 0 heterocycles. The molecule has 0 aromatic heterocycles. The highest BCUT2D eigenvalue weighted by Gasteiger charge is 2.23. The highest BCUT2D eigenvalue weighted by molar-refractivity contribution is 5.91. The van der Waals surface area contributed by atoms with Crippen molar-refractivity contribution < 1.29 is 19.1 Å². The second-order valence-electron chi connectivity index (χ2n) is 4.33. The van der Waals surface area contributed by atoms with Gasteiger partial charge in [-0.25, -0.2) is 0 Å². The van der Waals surface area contributed by atoms with E-state index in [0.717, 1.165) is 0 Å². The summed E-state index contributed by atoms with van der Waals surface area (Å²) in [5, 5.41) is 0. The number of nitrogens with two attached hydrogens (primary N) is 2. The van der Waals surface area contributed by atoms with Crippen LogP contribution in [-0.4, -0.2) is 23.4 Å². The summed E-state index contributed by atoms with van der Waals surface area (Å²) >= 11 is 0. The van der Waals surface area contributed by atoms with Crippen LogP contribution in [0.5, 0.6) is 0 Å². The highest BCUT2D eigenvalue weighted by atomic mass is 16.6. The summed E-state index contributed by atoms with van der Waals surface area (Å²) in [6.45, 7) is 6.01. The van der Waals surface area contributed by atoms with Gasteiger partial charge in [0.1, 0.15) is 6.42 Å². The first-order valence-electron chi connectivity index (χ1n) is 4.51. The molecule has 0 aliphatic heterocycles. The predicted molar refractivity (Wildman–Crippen MR) is 53.3 cm³/mol. The summed E-state index contributed by atoms with van der Waals surface area (Å²) in [7, 11) is 0. The van der Waals surface area contributed by atoms with Crippen LogP contribution in [0.1, 0.15) is 34.1 Å². The highest BCUT2D eigenvalue weighted by Crippen LogP contribution is 2.05. The van der Waals surface area contributed by atoms with E-state index in [1.165, 1.54) is 27.7 Å². The van der Waals surface area contributed by atoms with Crippen molar-refractivity contribution in [1.82, 2.24) is 0 Å². The molecule has 0 saturated carbocycles. The van der Waals surface area contributed by atoms with E-state index < -0.39 is 29.8 Å². The fourth-order valence-corrected chi connectivity index (χ4v) is 0.777. The Morgan fingerprint density at radius 2 is 1.20 bits per heavy atom. The fraction of sp³-hybridized carbons (Fsp3) is 0.778. The quantitative estimate of drug-likeness (QED) is 0.386. The van der Waals surface area contributed by atoms with Gasteiger partial charge in [0.25, 0.3) is 0 Å². The molecule has 88 valence electrons. The van der Waals surface area contributed by atoms with Crippen LogP contribution in [0.3, 0.4) is 0 Å². The third kappa shape index (κ3) is 9.17. The minimum Gasteiger partial charge on any atom is -0.444 e. The van der Waals surface area contributed by atoms with Gasteiger partial charge in [-0.2, -0.15) is 0 Å². The van der Waals surface area contributed by atoms with Crippen molar-refractivity contribution in [1.29, 1.82) is 0 Å². The molecule has 4 N–H and O–H groups in total. The molecule has 0 rings (SSSR count). The number of esters is 2. The van der Waals surface area contributed by atoms with Gasteiger partial charge in [0.2, 0.25) is 0 Å². The molecule has 0 aromatic carbocycles. The molecule has 0 fully saturated rings. The van der Waals surface area contributed by atoms with E-state index >= 15 is 0 Å². The largest absolute Gasteiger partial charge is 0.444 e. The molecule has 0 aliphatic carbocycles. The van der Waals surface area contributed by atoms with Crippen LogP contribution in [0, 0.1) is 0 Å². The topological polar surface area (TPSA) is 105 Å². The summed E-state index contributed by atoms with van der Waals surface area (Å²) in [6, 6.07) is 0. The van der Waals surface area contributed by atoms with E-state index in [1.54, 1.807) is 0 Å². The van der Waals surface area contributed by atoms with Gasteiger partial charge in [0.05, 0.1) is 0 Å². The van der Waals surface area contributed by atoms with Crippen LogP contribution >= 0.6 is 0 Å². The van der Waals surface area contributed by atoms with Gasteiger partial charge in [-0.05, 0) is 27.7 Å². The summed E-state index contributed by atoms with van der Waals surface area (Å²) in [5.74, 6) is -1.48. The smallest absolute Gasteiger partial charge is 0.318 e. The van der Waals surface area contributed by atoms with E-state index in [2.05, 4.69) is 0 Å². The van der Waals surface area contributed by atoms with E-state index in [1.807, 2.05) is 0 Å². The number of carbonyl (C=O) groups is 2. The Kier molecular flexibility index (Phi) is 4.24. The van der Waals surface area contributed by atoms with Crippen LogP contribution < -0.4 is 11.5 Å². The van der Waals surface area contributed by atoms with Gasteiger partial charge < -0.3 is 9.47 Å². The molecule has 0 radical (unpaired) electrons. The standard InChI is InChI=1S/C9H18N2O4/c1-8(2,10)14-6(12)5-7(13)15-9(3,4)11/h5,10-11H2,1-4H3. The Labute approximate surface area is 88.9 Å². The Balaban J connectivity index is 4.04. The second-order valence-corrected chi connectivity index (χ2v) is 4.33. The first-order chi connectivity index (χ1) is 6.49. The van der Waals surface area contributed by atoms with Crippen molar-refractivity contribution in [2.45, 2.75) is 45.6 Å². The van der Waals surface area contributed by atoms with Crippen LogP contribution in [-0.2, 0) is 19.1 Å². The normalized spacial score (nSPS) is 12.1. The minimum atomic E-state index is -1.10. The number of ether oxygens (including phenoxy) is 2. The third-order valence-electron chi connectivity index (χ3n) is 1.04. The maximum absolute atomic E-state index is 11.1. The van der Waals surface area contributed by atoms with Gasteiger partial charge in [-0.15, -0.1) is 0 Å². The lowest BCUT2D eigenvalue weighted by Crippen LogP contribution is -2.40. The molecule has 6 nitrogen and oxygen atoms in total. The third-order valence-corrected chi connectivity index (χ3v) is 1.04. The Morgan fingerprint density at radius 1 is 0.933 bits per heavy atom.